The van der Waals surface area contributed by atoms with Gasteiger partial charge in [-0.05, 0) is 26.9 Å². The van der Waals surface area contributed by atoms with Crippen LogP contribution in [0.25, 0.3) is 0 Å². The van der Waals surface area contributed by atoms with Gasteiger partial charge in [-0.25, -0.2) is 8.42 Å². The van der Waals surface area contributed by atoms with E-state index in [2.05, 4.69) is 10.2 Å². The molecule has 0 radical (unpaired) electrons. The molecule has 1 fully saturated rings. The molecule has 0 aliphatic heterocycles. The first-order chi connectivity index (χ1) is 7.82. The molecule has 1 rings (SSSR count). The van der Waals surface area contributed by atoms with Crippen LogP contribution in [0.1, 0.15) is 19.3 Å². The predicted octanol–water partition coefficient (Wildman–Crippen LogP) is -0.568. The van der Waals surface area contributed by atoms with Crippen molar-refractivity contribution in [3.63, 3.8) is 0 Å². The Morgan fingerprint density at radius 1 is 1.47 bits per heavy atom. The van der Waals surface area contributed by atoms with Gasteiger partial charge in [0.2, 0.25) is 0 Å². The molecule has 0 spiro atoms. The average molecular weight is 263 g/mol. The molecular weight excluding hydrogens is 238 g/mol. The zero-order valence-corrected chi connectivity index (χ0v) is 11.9. The zero-order valence-electron chi connectivity index (χ0n) is 11.1. The maximum atomic E-state index is 11.8. The Labute approximate surface area is 105 Å². The summed E-state index contributed by atoms with van der Waals surface area (Å²) in [7, 11) is 0.970. The smallest absolute Gasteiger partial charge is 0.152 e. The lowest BCUT2D eigenvalue weighted by Crippen LogP contribution is -2.59. The van der Waals surface area contributed by atoms with Crippen molar-refractivity contribution in [3.8, 4) is 0 Å². The number of sulfone groups is 1. The Balaban J connectivity index is 2.73. The average Bonchev–Trinajstić information content (AvgIpc) is 2.61. The lowest BCUT2D eigenvalue weighted by Gasteiger charge is -2.35. The number of hydrogen-bond acceptors (Lipinski definition) is 5. The number of nitrogens with one attached hydrogen (secondary N) is 1. The number of likely N-dealkylation sites (N-methyl/N-ethyl adjacent to an activating group) is 1. The van der Waals surface area contributed by atoms with Crippen molar-refractivity contribution in [2.24, 2.45) is 5.73 Å². The first-order valence-corrected chi connectivity index (χ1v) is 8.06. The third kappa shape index (κ3) is 3.64. The van der Waals surface area contributed by atoms with Crippen molar-refractivity contribution in [3.05, 3.63) is 0 Å². The molecule has 3 N–H and O–H groups in total. The summed E-state index contributed by atoms with van der Waals surface area (Å²) in [4.78, 5) is 2.07. The molecule has 1 aliphatic carbocycles. The number of hydrogen-bond donors (Lipinski definition) is 2. The summed E-state index contributed by atoms with van der Waals surface area (Å²) in [6.07, 6.45) is 3.84. The minimum atomic E-state index is -3.03. The summed E-state index contributed by atoms with van der Waals surface area (Å²) in [5.41, 5.74) is 5.42. The van der Waals surface area contributed by atoms with E-state index in [1.165, 1.54) is 6.26 Å². The third-order valence-electron chi connectivity index (χ3n) is 3.62. The van der Waals surface area contributed by atoms with E-state index in [1.54, 1.807) is 0 Å². The quantitative estimate of drug-likeness (QED) is 0.671. The Kier molecular flexibility index (Phi) is 4.95. The molecule has 17 heavy (non-hydrogen) atoms. The molecule has 1 aliphatic rings. The van der Waals surface area contributed by atoms with Gasteiger partial charge in [0.1, 0.15) is 0 Å². The van der Waals surface area contributed by atoms with E-state index in [9.17, 15) is 8.42 Å². The van der Waals surface area contributed by atoms with Crippen LogP contribution in [-0.4, -0.2) is 64.1 Å². The SMILES string of the molecule is CN(C)CCNC1(CN)CCCC1S(C)(=O)=O. The van der Waals surface area contributed by atoms with E-state index in [4.69, 9.17) is 5.73 Å². The summed E-state index contributed by atoms with van der Waals surface area (Å²) in [6.45, 7) is 2.05. The largest absolute Gasteiger partial charge is 0.329 e. The van der Waals surface area contributed by atoms with Gasteiger partial charge in [0.25, 0.3) is 0 Å². The molecule has 2 atom stereocenters. The molecule has 6 heteroatoms. The van der Waals surface area contributed by atoms with E-state index in [1.807, 2.05) is 14.1 Å². The van der Waals surface area contributed by atoms with Gasteiger partial charge in [-0.1, -0.05) is 6.42 Å². The summed E-state index contributed by atoms with van der Waals surface area (Å²) in [5.74, 6) is 0. The van der Waals surface area contributed by atoms with E-state index in [0.29, 0.717) is 6.54 Å². The lowest BCUT2D eigenvalue weighted by atomic mass is 9.97. The van der Waals surface area contributed by atoms with Gasteiger partial charge in [0.15, 0.2) is 9.84 Å². The van der Waals surface area contributed by atoms with Gasteiger partial charge >= 0.3 is 0 Å². The highest BCUT2D eigenvalue weighted by molar-refractivity contribution is 7.91. The summed E-state index contributed by atoms with van der Waals surface area (Å²) < 4.78 is 23.6. The van der Waals surface area contributed by atoms with E-state index in [-0.39, 0.29) is 5.25 Å². The monoisotopic (exact) mass is 263 g/mol. The standard InChI is InChI=1S/C11H25N3O2S/c1-14(2)8-7-13-11(9-12)6-4-5-10(11)17(3,15)16/h10,13H,4-9,12H2,1-3H3. The number of nitrogens with zero attached hydrogens (tertiary/aromatic N) is 1. The van der Waals surface area contributed by atoms with Gasteiger partial charge in [-0.15, -0.1) is 0 Å². The molecular formula is C11H25N3O2S. The fraction of sp³-hybridized carbons (Fsp3) is 1.00. The fourth-order valence-corrected chi connectivity index (χ4v) is 4.41. The van der Waals surface area contributed by atoms with Crippen molar-refractivity contribution >= 4 is 9.84 Å². The van der Waals surface area contributed by atoms with Crippen LogP contribution in [0.4, 0.5) is 0 Å². The predicted molar refractivity (Wildman–Crippen MR) is 70.8 cm³/mol. The highest BCUT2D eigenvalue weighted by Crippen LogP contribution is 2.34. The van der Waals surface area contributed by atoms with Gasteiger partial charge in [-0.3, -0.25) is 0 Å². The molecule has 0 saturated heterocycles. The van der Waals surface area contributed by atoms with Crippen LogP contribution in [0, 0.1) is 0 Å². The third-order valence-corrected chi connectivity index (χ3v) is 5.34. The van der Waals surface area contributed by atoms with Crippen LogP contribution in [0.3, 0.4) is 0 Å². The molecule has 0 aromatic heterocycles. The number of rotatable bonds is 6. The van der Waals surface area contributed by atoms with Crippen LogP contribution in [0.5, 0.6) is 0 Å². The summed E-state index contributed by atoms with van der Waals surface area (Å²) >= 11 is 0. The maximum Gasteiger partial charge on any atom is 0.152 e. The normalized spacial score (nSPS) is 30.1. The molecule has 0 aromatic carbocycles. The van der Waals surface area contributed by atoms with E-state index >= 15 is 0 Å². The van der Waals surface area contributed by atoms with Crippen LogP contribution >= 0.6 is 0 Å². The highest BCUT2D eigenvalue weighted by atomic mass is 32.2. The topological polar surface area (TPSA) is 75.4 Å². The lowest BCUT2D eigenvalue weighted by molar-refractivity contribution is 0.311. The number of nitrogens with two attached hydrogens (primary N) is 1. The second kappa shape index (κ2) is 5.65. The Bertz CT molecular complexity index is 343. The van der Waals surface area contributed by atoms with Crippen molar-refractivity contribution in [1.29, 1.82) is 0 Å². The van der Waals surface area contributed by atoms with Gasteiger partial charge in [-0.2, -0.15) is 0 Å². The summed E-state index contributed by atoms with van der Waals surface area (Å²) in [5, 5.41) is 3.06. The van der Waals surface area contributed by atoms with Crippen molar-refractivity contribution < 1.29 is 8.42 Å². The van der Waals surface area contributed by atoms with Crippen LogP contribution in [0.15, 0.2) is 0 Å². The second-order valence-corrected chi connectivity index (χ2v) is 7.53. The van der Waals surface area contributed by atoms with Crippen molar-refractivity contribution in [2.45, 2.75) is 30.1 Å². The fourth-order valence-electron chi connectivity index (χ4n) is 2.70. The Morgan fingerprint density at radius 2 is 2.12 bits per heavy atom. The van der Waals surface area contributed by atoms with E-state index < -0.39 is 15.4 Å². The Hall–Kier alpha value is -0.170. The molecule has 0 heterocycles. The minimum Gasteiger partial charge on any atom is -0.329 e. The highest BCUT2D eigenvalue weighted by Gasteiger charge is 2.46. The molecule has 0 bridgehead atoms. The van der Waals surface area contributed by atoms with Crippen LogP contribution < -0.4 is 11.1 Å². The molecule has 102 valence electrons. The molecule has 5 nitrogen and oxygen atoms in total. The second-order valence-electron chi connectivity index (χ2n) is 5.30. The molecule has 0 aromatic rings. The first kappa shape index (κ1) is 14.9. The van der Waals surface area contributed by atoms with Crippen LogP contribution in [-0.2, 0) is 9.84 Å². The molecule has 0 amide bonds. The Morgan fingerprint density at radius 3 is 2.59 bits per heavy atom. The van der Waals surface area contributed by atoms with Gasteiger partial charge in [0, 0.05) is 31.4 Å². The summed E-state index contributed by atoms with van der Waals surface area (Å²) in [6, 6.07) is 0. The van der Waals surface area contributed by atoms with Crippen molar-refractivity contribution in [1.82, 2.24) is 10.2 Å². The first-order valence-electron chi connectivity index (χ1n) is 6.10. The van der Waals surface area contributed by atoms with E-state index in [0.717, 1.165) is 32.4 Å². The molecule has 2 unspecified atom stereocenters. The minimum absolute atomic E-state index is 0.331. The zero-order chi connectivity index (χ0) is 13.1. The van der Waals surface area contributed by atoms with Gasteiger partial charge < -0.3 is 16.0 Å². The van der Waals surface area contributed by atoms with Gasteiger partial charge in [0.05, 0.1) is 5.25 Å². The van der Waals surface area contributed by atoms with Crippen molar-refractivity contribution in [2.75, 3.05) is 40.0 Å². The maximum absolute atomic E-state index is 11.8. The molecule has 1 saturated carbocycles. The van der Waals surface area contributed by atoms with Crippen LogP contribution in [0.2, 0.25) is 0 Å².